The van der Waals surface area contributed by atoms with Crippen LogP contribution in [0.5, 0.6) is 0 Å². The molecule has 7 aliphatic rings. The van der Waals surface area contributed by atoms with Crippen molar-refractivity contribution in [3.8, 4) is 0 Å². The Morgan fingerprint density at radius 3 is 2.37 bits per heavy atom. The highest BCUT2D eigenvalue weighted by molar-refractivity contribution is 7.98. The van der Waals surface area contributed by atoms with Crippen LogP contribution in [-0.4, -0.2) is 112 Å². The molecule has 3 heterocycles. The zero-order chi connectivity index (χ0) is 46.2. The average Bonchev–Trinajstić information content (AvgIpc) is 3.91. The first-order chi connectivity index (χ1) is 30.9. The summed E-state index contributed by atoms with van der Waals surface area (Å²) in [5.74, 6) is -4.51. The molecule has 5 amide bonds. The number of allylic oxidation sites excluding steroid dienone is 2. The zero-order valence-electron chi connectivity index (χ0n) is 35.7. The summed E-state index contributed by atoms with van der Waals surface area (Å²) in [4.78, 5) is 89.4. The van der Waals surface area contributed by atoms with Gasteiger partial charge in [0.1, 0.15) is 30.5 Å². The summed E-state index contributed by atoms with van der Waals surface area (Å²) in [5.41, 5.74) is -4.28. The smallest absolute Gasteiger partial charge is 0.253 e. The lowest BCUT2D eigenvalue weighted by Gasteiger charge is -2.71. The van der Waals surface area contributed by atoms with Gasteiger partial charge in [0, 0.05) is 63.9 Å². The van der Waals surface area contributed by atoms with Gasteiger partial charge in [-0.2, -0.15) is 0 Å². The summed E-state index contributed by atoms with van der Waals surface area (Å²) in [5, 5.41) is 18.2. The number of anilines is 1. The van der Waals surface area contributed by atoms with Crippen LogP contribution >= 0.6 is 11.8 Å². The number of imide groups is 1. The van der Waals surface area contributed by atoms with Crippen molar-refractivity contribution >= 4 is 58.6 Å². The van der Waals surface area contributed by atoms with Crippen molar-refractivity contribution in [3.63, 3.8) is 0 Å². The van der Waals surface area contributed by atoms with Crippen LogP contribution in [0.2, 0.25) is 0 Å². The lowest BCUT2D eigenvalue weighted by atomic mass is 9.44. The van der Waals surface area contributed by atoms with Gasteiger partial charge in [-0.3, -0.25) is 38.5 Å². The molecule has 2 aromatic rings. The van der Waals surface area contributed by atoms with Crippen LogP contribution < -0.4 is 16.0 Å². The molecular weight excluding hydrogens is 867 g/mol. The van der Waals surface area contributed by atoms with E-state index in [-0.39, 0.29) is 37.8 Å². The number of carbonyl (C=O) groups excluding carboxylic acids is 7. The van der Waals surface area contributed by atoms with E-state index in [1.807, 2.05) is 37.3 Å². The second kappa shape index (κ2) is 16.5. The molecule has 15 nitrogen and oxygen atoms in total. The maximum Gasteiger partial charge on any atom is 0.253 e. The number of fused-ring (bicyclic) bond motifs is 4. The minimum absolute atomic E-state index is 0.00732. The van der Waals surface area contributed by atoms with Crippen LogP contribution in [0.15, 0.2) is 89.4 Å². The quantitative estimate of drug-likeness (QED) is 0.158. The zero-order valence-corrected chi connectivity index (χ0v) is 36.5. The third-order valence-corrected chi connectivity index (χ3v) is 15.5. The standard InChI is InChI=1S/C47H48F2N4O11S/c1-24(50-38(57)14-16-53-39(58)11-12-40(53)59)41(60)51-25(2)42(61)52-28-5-4-6-30(17-28)65-23-26-7-9-27(10-8-26)43-62-36-20-31-32-19-34(48)33-18-29(55)13-15-45(33)46(32,49)37(63-45)21-44(31,3)47(36,64-43)35(56)22-54/h4-13,15,17-18,24-25,31-32,34,36-37,43,54H,14,16,19-23H2,1-3H3,(H,50,57)(H,51,60)(H,52,61)/t24-,25-,31?,32-,34-,36+,37-,43+,44-,45+,46-,47+/m0/s1. The van der Waals surface area contributed by atoms with Gasteiger partial charge in [0.15, 0.2) is 29.1 Å². The Morgan fingerprint density at radius 1 is 0.923 bits per heavy atom. The number of hydrogen-bond acceptors (Lipinski definition) is 12. The second-order valence-corrected chi connectivity index (χ2v) is 19.1. The summed E-state index contributed by atoms with van der Waals surface area (Å²) in [7, 11) is 0. The van der Waals surface area contributed by atoms with E-state index in [0.717, 1.165) is 33.6 Å². The van der Waals surface area contributed by atoms with E-state index in [4.69, 9.17) is 14.2 Å². The van der Waals surface area contributed by atoms with Gasteiger partial charge in [-0.05, 0) is 81.0 Å². The summed E-state index contributed by atoms with van der Waals surface area (Å²) < 4.78 is 52.7. The molecule has 1 spiro atoms. The monoisotopic (exact) mass is 914 g/mol. The fraction of sp³-hybridized carbons (Fsp3) is 0.468. The van der Waals surface area contributed by atoms with Gasteiger partial charge in [-0.25, -0.2) is 8.78 Å². The first-order valence-electron chi connectivity index (χ1n) is 21.6. The number of nitrogens with one attached hydrogen (secondary N) is 3. The molecule has 3 saturated carbocycles. The van der Waals surface area contributed by atoms with Crippen LogP contribution in [-0.2, 0) is 53.5 Å². The van der Waals surface area contributed by atoms with Crippen LogP contribution in [0.25, 0.3) is 0 Å². The largest absolute Gasteiger partial charge is 0.388 e. The molecule has 342 valence electrons. The Kier molecular flexibility index (Phi) is 11.4. The van der Waals surface area contributed by atoms with Crippen molar-refractivity contribution in [3.05, 3.63) is 95.6 Å². The topological polar surface area (TPSA) is 207 Å². The maximum atomic E-state index is 17.5. The lowest BCUT2D eigenvalue weighted by Crippen LogP contribution is -2.82. The molecule has 5 fully saturated rings. The number of benzene rings is 2. The highest BCUT2D eigenvalue weighted by atomic mass is 32.2. The van der Waals surface area contributed by atoms with Crippen molar-refractivity contribution in [2.24, 2.45) is 17.3 Å². The number of halogens is 2. The molecule has 18 heteroatoms. The molecule has 65 heavy (non-hydrogen) atoms. The Hall–Kier alpha value is -5.40. The maximum absolute atomic E-state index is 17.5. The molecule has 0 bridgehead atoms. The lowest BCUT2D eigenvalue weighted by molar-refractivity contribution is -0.360. The van der Waals surface area contributed by atoms with E-state index in [1.165, 1.54) is 37.8 Å². The number of amides is 5. The number of aliphatic hydroxyl groups is 1. The highest BCUT2D eigenvalue weighted by Gasteiger charge is 2.85. The van der Waals surface area contributed by atoms with Crippen molar-refractivity contribution in [2.45, 2.75) is 111 Å². The summed E-state index contributed by atoms with van der Waals surface area (Å²) >= 11 is 1.51. The fourth-order valence-corrected chi connectivity index (χ4v) is 12.2. The van der Waals surface area contributed by atoms with Crippen LogP contribution in [0.1, 0.15) is 63.9 Å². The van der Waals surface area contributed by atoms with E-state index >= 15 is 8.78 Å². The van der Waals surface area contributed by atoms with Crippen LogP contribution in [0, 0.1) is 17.3 Å². The minimum Gasteiger partial charge on any atom is -0.388 e. The van der Waals surface area contributed by atoms with Crippen molar-refractivity contribution in [1.82, 2.24) is 15.5 Å². The molecule has 9 rings (SSSR count). The molecule has 0 radical (unpaired) electrons. The van der Waals surface area contributed by atoms with Gasteiger partial charge < -0.3 is 35.3 Å². The number of nitrogens with zero attached hydrogens (tertiary/aromatic N) is 1. The third-order valence-electron chi connectivity index (χ3n) is 14.5. The number of rotatable bonds is 14. The molecule has 2 aromatic carbocycles. The number of ketones is 2. The number of hydrogen-bond donors (Lipinski definition) is 4. The molecule has 0 aromatic heterocycles. The minimum atomic E-state index is -1.99. The molecule has 4 aliphatic carbocycles. The van der Waals surface area contributed by atoms with Crippen LogP contribution in [0.3, 0.4) is 0 Å². The average molecular weight is 915 g/mol. The number of carbonyl (C=O) groups is 7. The highest BCUT2D eigenvalue weighted by Crippen LogP contribution is 2.75. The second-order valence-electron chi connectivity index (χ2n) is 18.1. The van der Waals surface area contributed by atoms with E-state index < -0.39 is 119 Å². The summed E-state index contributed by atoms with van der Waals surface area (Å²) in [6, 6.07) is 12.7. The molecule has 4 N–H and O–H groups in total. The fourth-order valence-electron chi connectivity index (χ4n) is 11.3. The predicted octanol–water partition coefficient (Wildman–Crippen LogP) is 3.66. The van der Waals surface area contributed by atoms with Crippen molar-refractivity contribution in [1.29, 1.82) is 0 Å². The number of alkyl halides is 2. The number of Topliss-reactive ketones (excluding diaryl/α,β-unsaturated/α-hetero) is 1. The first-order valence-corrected chi connectivity index (χ1v) is 22.6. The number of aliphatic hydroxyl groups excluding tert-OH is 1. The van der Waals surface area contributed by atoms with Gasteiger partial charge in [0.2, 0.25) is 17.7 Å². The van der Waals surface area contributed by atoms with E-state index in [1.54, 1.807) is 18.2 Å². The normalized spacial score (nSPS) is 34.6. The van der Waals surface area contributed by atoms with Crippen molar-refractivity contribution < 1.29 is 61.7 Å². The molecular formula is C47H48F2N4O11S. The van der Waals surface area contributed by atoms with Gasteiger partial charge in [0.25, 0.3) is 11.8 Å². The Labute approximate surface area is 376 Å². The molecule has 2 saturated heterocycles. The van der Waals surface area contributed by atoms with Crippen molar-refractivity contribution in [2.75, 3.05) is 18.5 Å². The SMILES string of the molecule is C[C@H](NC(=O)CCN1C(=O)C=CC1=O)C(=O)N[C@@H](C)C(=O)Nc1cccc(SCc2ccc([C@@H]3O[C@@H]4CC5[C@@H]6C[C@H](F)C7=CC(=O)C=C[C@@]78O[C@@H](C[C@]5(C)[C@]4(C(=O)CO)O3)[C@@]68F)cc2)c1. The molecule has 1 unspecified atom stereocenters. The van der Waals surface area contributed by atoms with Gasteiger partial charge in [-0.1, -0.05) is 37.3 Å². The molecule has 3 aliphatic heterocycles. The van der Waals surface area contributed by atoms with E-state index in [2.05, 4.69) is 16.0 Å². The third kappa shape index (κ3) is 7.10. The summed E-state index contributed by atoms with van der Waals surface area (Å²) in [6.07, 6.45) is 1.47. The predicted molar refractivity (Wildman–Crippen MR) is 228 cm³/mol. The van der Waals surface area contributed by atoms with Gasteiger partial charge in [0.05, 0.1) is 12.2 Å². The Morgan fingerprint density at radius 2 is 1.65 bits per heavy atom. The Bertz CT molecular complexity index is 2470. The number of thioether (sulfide) groups is 1. The molecule has 12 atom stereocenters. The Balaban J connectivity index is 0.790. The van der Waals surface area contributed by atoms with Gasteiger partial charge in [-0.15, -0.1) is 11.8 Å². The first kappa shape index (κ1) is 44.8. The van der Waals surface area contributed by atoms with E-state index in [9.17, 15) is 38.7 Å². The van der Waals surface area contributed by atoms with Crippen LogP contribution in [0.4, 0.5) is 14.5 Å². The van der Waals surface area contributed by atoms with Gasteiger partial charge >= 0.3 is 0 Å². The van der Waals surface area contributed by atoms with E-state index in [0.29, 0.717) is 17.0 Å². The number of ether oxygens (including phenoxy) is 3. The summed E-state index contributed by atoms with van der Waals surface area (Å²) in [6.45, 7) is 3.84.